The molecule has 1 aromatic carbocycles. The molecule has 3 nitrogen and oxygen atoms in total. The fourth-order valence-corrected chi connectivity index (χ4v) is 5.56. The van der Waals surface area contributed by atoms with Crippen molar-refractivity contribution in [2.24, 2.45) is 0 Å². The third-order valence-corrected chi connectivity index (χ3v) is 7.85. The maximum Gasteiger partial charge on any atom is 0.356 e. The van der Waals surface area contributed by atoms with Crippen molar-refractivity contribution in [2.45, 2.75) is 122 Å². The number of carbonyl (C=O) groups is 1. The van der Waals surface area contributed by atoms with Crippen LogP contribution in [0.4, 0.5) is 0 Å². The van der Waals surface area contributed by atoms with Crippen LogP contribution in [0.5, 0.6) is 5.75 Å². The van der Waals surface area contributed by atoms with Crippen LogP contribution in [0.1, 0.15) is 121 Å². The number of esters is 1. The second kappa shape index (κ2) is 20.2. The van der Waals surface area contributed by atoms with Gasteiger partial charge in [0.1, 0.15) is 11.5 Å². The van der Waals surface area contributed by atoms with Crippen LogP contribution in [0.2, 0.25) is 0 Å². The Hall–Kier alpha value is -1.16. The fraction of sp³-hybridized carbons (Fsp3) is 0.759. The molecule has 33 heavy (non-hydrogen) atoms. The lowest BCUT2D eigenvalue weighted by Gasteiger charge is -2.07. The number of aromatic hydroxyl groups is 1. The topological polar surface area (TPSA) is 46.5 Å². The number of benzene rings is 1. The molecule has 190 valence electrons. The average Bonchev–Trinajstić information content (AvgIpc) is 2.78. The Labute approximate surface area is 207 Å². The van der Waals surface area contributed by atoms with Gasteiger partial charge < -0.3 is 9.84 Å². The van der Waals surface area contributed by atoms with Crippen LogP contribution < -0.4 is 0 Å². The molecule has 0 spiro atoms. The highest BCUT2D eigenvalue weighted by molar-refractivity contribution is 7.96. The van der Waals surface area contributed by atoms with Crippen LogP contribution >= 0.6 is 0 Å². The van der Waals surface area contributed by atoms with Crippen LogP contribution in [0, 0.1) is 6.92 Å². The van der Waals surface area contributed by atoms with Gasteiger partial charge in [-0.1, -0.05) is 109 Å². The largest absolute Gasteiger partial charge is 0.508 e. The number of phenols is 1. The van der Waals surface area contributed by atoms with Crippen LogP contribution in [0.3, 0.4) is 0 Å². The van der Waals surface area contributed by atoms with Crippen LogP contribution in [-0.4, -0.2) is 29.7 Å². The van der Waals surface area contributed by atoms with E-state index in [0.717, 1.165) is 24.2 Å². The summed E-state index contributed by atoms with van der Waals surface area (Å²) in [6.07, 6.45) is 23.7. The normalized spacial score (nSPS) is 12.1. The summed E-state index contributed by atoms with van der Waals surface area (Å²) >= 11 is 0. The number of ether oxygens (including phenoxy) is 1. The molecule has 0 aromatic heterocycles. The van der Waals surface area contributed by atoms with Gasteiger partial charge in [-0.2, -0.15) is 0 Å². The van der Waals surface area contributed by atoms with E-state index in [-0.39, 0.29) is 16.9 Å². The van der Waals surface area contributed by atoms with Crippen molar-refractivity contribution in [3.8, 4) is 5.75 Å². The van der Waals surface area contributed by atoms with Gasteiger partial charge in [-0.05, 0) is 31.0 Å². The first-order chi connectivity index (χ1) is 16.0. The fourth-order valence-electron chi connectivity index (χ4n) is 4.22. The van der Waals surface area contributed by atoms with Gasteiger partial charge in [0.2, 0.25) is 5.75 Å². The second-order valence-corrected chi connectivity index (χ2v) is 11.9. The molecule has 0 bridgehead atoms. The molecule has 0 radical (unpaired) electrons. The third kappa shape index (κ3) is 17.0. The minimum absolute atomic E-state index is 0.0411. The molecule has 0 saturated carbocycles. The van der Waals surface area contributed by atoms with Crippen LogP contribution in [-0.2, 0) is 26.2 Å². The molecule has 0 aliphatic heterocycles. The monoisotopic (exact) mass is 479 g/mol. The number of hydrogen-bond donors (Lipinski definition) is 1. The van der Waals surface area contributed by atoms with Gasteiger partial charge in [-0.15, -0.1) is 0 Å². The first-order valence-electron chi connectivity index (χ1n) is 13.6. The Kier molecular flexibility index (Phi) is 18.3. The predicted octanol–water partition coefficient (Wildman–Crippen LogP) is 8.25. The zero-order chi connectivity index (χ0) is 24.2. The Bertz CT molecular complexity index is 617. The first kappa shape index (κ1) is 29.9. The Morgan fingerprint density at radius 1 is 0.818 bits per heavy atom. The number of hydrogen-bond acceptors (Lipinski definition) is 3. The summed E-state index contributed by atoms with van der Waals surface area (Å²) in [6.45, 7) is 4.74. The maximum absolute atomic E-state index is 12.1. The summed E-state index contributed by atoms with van der Waals surface area (Å²) in [7, 11) is -0.0411. The van der Waals surface area contributed by atoms with Crippen molar-refractivity contribution in [3.05, 3.63) is 29.3 Å². The highest BCUT2D eigenvalue weighted by atomic mass is 32.2. The molecule has 1 aromatic rings. The van der Waals surface area contributed by atoms with Crippen molar-refractivity contribution in [3.63, 3.8) is 0 Å². The summed E-state index contributed by atoms with van der Waals surface area (Å²) in [6, 6.07) is 5.67. The van der Waals surface area contributed by atoms with E-state index in [1.807, 2.05) is 19.1 Å². The molecule has 0 aliphatic carbocycles. The number of carbonyl (C=O) groups excluding carboxylic acids is 1. The molecule has 1 atom stereocenters. The zero-order valence-corrected chi connectivity index (χ0v) is 22.7. The molecule has 0 amide bonds. The Morgan fingerprint density at radius 3 is 1.79 bits per heavy atom. The lowest BCUT2D eigenvalue weighted by Crippen LogP contribution is -2.19. The SMILES string of the molecule is CCCCCCCCCCCCCCCCCCOC(=O)C[S+](C)Cc1ccc(O)c(C)c1. The maximum atomic E-state index is 12.1. The molecule has 0 heterocycles. The number of aryl methyl sites for hydroxylation is 1. The predicted molar refractivity (Wildman–Crippen MR) is 145 cm³/mol. The highest BCUT2D eigenvalue weighted by Crippen LogP contribution is 2.19. The van der Waals surface area contributed by atoms with Crippen molar-refractivity contribution in [2.75, 3.05) is 18.6 Å². The van der Waals surface area contributed by atoms with E-state index in [2.05, 4.69) is 13.2 Å². The average molecular weight is 480 g/mol. The van der Waals surface area contributed by atoms with Gasteiger partial charge in [-0.3, -0.25) is 0 Å². The molecular weight excluding hydrogens is 428 g/mol. The van der Waals surface area contributed by atoms with E-state index >= 15 is 0 Å². The molecule has 0 fully saturated rings. The van der Waals surface area contributed by atoms with E-state index in [1.54, 1.807) is 6.07 Å². The quantitative estimate of drug-likeness (QED) is 0.110. The van der Waals surface area contributed by atoms with Crippen molar-refractivity contribution in [1.82, 2.24) is 0 Å². The van der Waals surface area contributed by atoms with Crippen LogP contribution in [0.25, 0.3) is 0 Å². The summed E-state index contributed by atoms with van der Waals surface area (Å²) in [5, 5.41) is 9.63. The van der Waals surface area contributed by atoms with E-state index in [9.17, 15) is 9.90 Å². The van der Waals surface area contributed by atoms with Crippen molar-refractivity contribution >= 4 is 16.9 Å². The van der Waals surface area contributed by atoms with E-state index in [4.69, 9.17) is 4.74 Å². The van der Waals surface area contributed by atoms with Gasteiger partial charge in [0, 0.05) is 16.5 Å². The third-order valence-electron chi connectivity index (χ3n) is 6.30. The second-order valence-electron chi connectivity index (χ2n) is 9.71. The zero-order valence-electron chi connectivity index (χ0n) is 21.8. The highest BCUT2D eigenvalue weighted by Gasteiger charge is 2.19. The number of rotatable bonds is 21. The van der Waals surface area contributed by atoms with Gasteiger partial charge >= 0.3 is 5.97 Å². The van der Waals surface area contributed by atoms with Crippen molar-refractivity contribution in [1.29, 1.82) is 0 Å². The minimum Gasteiger partial charge on any atom is -0.508 e. The Balaban J connectivity index is 1.86. The lowest BCUT2D eigenvalue weighted by atomic mass is 10.0. The van der Waals surface area contributed by atoms with Crippen molar-refractivity contribution < 1.29 is 14.6 Å². The first-order valence-corrected chi connectivity index (χ1v) is 15.5. The number of unbranched alkanes of at least 4 members (excludes halogenated alkanes) is 15. The van der Waals surface area contributed by atoms with Gasteiger partial charge in [0.25, 0.3) is 0 Å². The van der Waals surface area contributed by atoms with E-state index in [0.29, 0.717) is 18.1 Å². The van der Waals surface area contributed by atoms with Gasteiger partial charge in [0.15, 0.2) is 0 Å². The van der Waals surface area contributed by atoms with Crippen LogP contribution in [0.15, 0.2) is 18.2 Å². The molecule has 0 saturated heterocycles. The number of phenolic OH excluding ortho intramolecular Hbond substituents is 1. The van der Waals surface area contributed by atoms with E-state index < -0.39 is 0 Å². The summed E-state index contributed by atoms with van der Waals surface area (Å²) in [5.74, 6) is 1.60. The smallest absolute Gasteiger partial charge is 0.356 e. The molecular formula is C29H51O3S+. The molecule has 1 rings (SSSR count). The molecule has 4 heteroatoms. The summed E-state index contributed by atoms with van der Waals surface area (Å²) in [4.78, 5) is 12.1. The minimum atomic E-state index is -0.0720. The van der Waals surface area contributed by atoms with Gasteiger partial charge in [0.05, 0.1) is 12.9 Å². The molecule has 1 N–H and O–H groups in total. The molecule has 1 unspecified atom stereocenters. The van der Waals surface area contributed by atoms with Gasteiger partial charge in [-0.25, -0.2) is 4.79 Å². The Morgan fingerprint density at radius 2 is 1.30 bits per heavy atom. The molecule has 0 aliphatic rings. The van der Waals surface area contributed by atoms with E-state index in [1.165, 1.54) is 95.5 Å². The summed E-state index contributed by atoms with van der Waals surface area (Å²) < 4.78 is 5.44. The summed E-state index contributed by atoms with van der Waals surface area (Å²) in [5.41, 5.74) is 2.05. The lowest BCUT2D eigenvalue weighted by molar-refractivity contribution is -0.140. The standard InChI is InChI=1S/C29H50O3S/c1-4-5-6-7-8-9-10-11-12-13-14-15-16-17-18-19-22-32-29(31)25-33(3)24-27-20-21-28(30)26(2)23-27/h20-21,23H,4-19,22,24-25H2,1-3H3/p+1.